The van der Waals surface area contributed by atoms with Crippen molar-refractivity contribution in [2.75, 3.05) is 5.73 Å². The Kier molecular flexibility index (Phi) is 3.52. The Morgan fingerprint density at radius 3 is 2.71 bits per heavy atom. The van der Waals surface area contributed by atoms with E-state index in [2.05, 4.69) is 15.9 Å². The van der Waals surface area contributed by atoms with Crippen LogP contribution < -0.4 is 5.73 Å². The van der Waals surface area contributed by atoms with Gasteiger partial charge < -0.3 is 10.8 Å². The molecule has 1 aromatic rings. The van der Waals surface area contributed by atoms with Crippen molar-refractivity contribution < 1.29 is 23.1 Å². The first kappa shape index (κ1) is 12.8. The van der Waals surface area contributed by atoms with Gasteiger partial charge in [-0.3, -0.25) is 4.79 Å². The molecule has 0 radical (unpaired) electrons. The molecule has 0 aromatic carbocycles. The van der Waals surface area contributed by atoms with E-state index in [9.17, 15) is 18.0 Å². The van der Waals surface area contributed by atoms with Gasteiger partial charge in [-0.1, -0.05) is 11.8 Å². The first-order chi connectivity index (χ1) is 7.80. The Balaban J connectivity index is 3.14. The number of nitrogens with two attached hydrogens (primary N) is 1. The van der Waals surface area contributed by atoms with Crippen molar-refractivity contribution in [2.45, 2.75) is 12.6 Å². The molecule has 0 aliphatic heterocycles. The second kappa shape index (κ2) is 4.69. The second-order valence-electron chi connectivity index (χ2n) is 2.86. The highest BCUT2D eigenvalue weighted by molar-refractivity contribution is 5.70. The van der Waals surface area contributed by atoms with E-state index < -0.39 is 35.8 Å². The van der Waals surface area contributed by atoms with Crippen molar-refractivity contribution >= 4 is 11.9 Å². The van der Waals surface area contributed by atoms with E-state index in [4.69, 9.17) is 10.8 Å². The molecule has 0 fully saturated rings. The molecule has 1 rings (SSSR count). The van der Waals surface area contributed by atoms with Crippen LogP contribution in [0.5, 0.6) is 0 Å². The molecule has 0 bridgehead atoms. The summed E-state index contributed by atoms with van der Waals surface area (Å²) in [5, 5.41) is 8.29. The molecule has 0 saturated carbocycles. The molecular formula is C9H6F3N3O2. The topological polar surface area (TPSA) is 89.1 Å². The van der Waals surface area contributed by atoms with Crippen LogP contribution in [0.2, 0.25) is 0 Å². The third-order valence-electron chi connectivity index (χ3n) is 1.54. The number of alkyl halides is 3. The second-order valence-corrected chi connectivity index (χ2v) is 2.86. The number of anilines is 1. The molecule has 0 spiro atoms. The number of rotatable bonds is 1. The number of hydrogen-bond acceptors (Lipinski definition) is 4. The van der Waals surface area contributed by atoms with Gasteiger partial charge in [-0.25, -0.2) is 9.97 Å². The lowest BCUT2D eigenvalue weighted by molar-refractivity contribution is -0.141. The van der Waals surface area contributed by atoms with Crippen LogP contribution in [0.3, 0.4) is 0 Å². The molecule has 0 amide bonds. The molecule has 0 atom stereocenters. The van der Waals surface area contributed by atoms with Gasteiger partial charge in [0.2, 0.25) is 5.95 Å². The average Bonchev–Trinajstić information content (AvgIpc) is 2.18. The summed E-state index contributed by atoms with van der Waals surface area (Å²) in [4.78, 5) is 16.6. The molecule has 90 valence electrons. The molecule has 0 saturated heterocycles. The predicted octanol–water partition coefficient (Wildman–Crippen LogP) is 0.904. The third kappa shape index (κ3) is 3.64. The monoisotopic (exact) mass is 245 g/mol. The Bertz CT molecular complexity index is 502. The minimum atomic E-state index is -4.72. The van der Waals surface area contributed by atoms with Gasteiger partial charge in [-0.15, -0.1) is 0 Å². The van der Waals surface area contributed by atoms with Crippen molar-refractivity contribution in [3.05, 3.63) is 17.5 Å². The molecule has 5 nitrogen and oxygen atoms in total. The van der Waals surface area contributed by atoms with Crippen LogP contribution in [0, 0.1) is 11.8 Å². The molecule has 17 heavy (non-hydrogen) atoms. The highest BCUT2D eigenvalue weighted by Crippen LogP contribution is 2.29. The first-order valence-electron chi connectivity index (χ1n) is 4.21. The minimum Gasteiger partial charge on any atom is -0.481 e. The third-order valence-corrected chi connectivity index (χ3v) is 1.54. The fraction of sp³-hybridized carbons (Fsp3) is 0.222. The summed E-state index contributed by atoms with van der Waals surface area (Å²) in [6.45, 7) is 0. The summed E-state index contributed by atoms with van der Waals surface area (Å²) in [7, 11) is 0. The van der Waals surface area contributed by atoms with Crippen LogP contribution in [-0.4, -0.2) is 21.0 Å². The van der Waals surface area contributed by atoms with E-state index in [0.717, 1.165) is 6.20 Å². The molecule has 0 aliphatic carbocycles. The summed E-state index contributed by atoms with van der Waals surface area (Å²) in [5.41, 5.74) is 3.25. The maximum Gasteiger partial charge on any atom is 0.434 e. The highest BCUT2D eigenvalue weighted by Gasteiger charge is 2.35. The molecule has 0 unspecified atom stereocenters. The van der Waals surface area contributed by atoms with Gasteiger partial charge in [0.1, 0.15) is 6.42 Å². The smallest absolute Gasteiger partial charge is 0.434 e. The van der Waals surface area contributed by atoms with E-state index in [1.807, 2.05) is 5.92 Å². The Labute approximate surface area is 93.5 Å². The van der Waals surface area contributed by atoms with Gasteiger partial charge >= 0.3 is 12.1 Å². The van der Waals surface area contributed by atoms with E-state index in [0.29, 0.717) is 0 Å². The van der Waals surface area contributed by atoms with E-state index in [1.165, 1.54) is 0 Å². The van der Waals surface area contributed by atoms with Crippen LogP contribution in [0.4, 0.5) is 19.1 Å². The zero-order valence-corrected chi connectivity index (χ0v) is 8.25. The molecule has 3 N–H and O–H groups in total. The van der Waals surface area contributed by atoms with E-state index in [-0.39, 0.29) is 0 Å². The van der Waals surface area contributed by atoms with Crippen molar-refractivity contribution in [3.8, 4) is 11.8 Å². The fourth-order valence-corrected chi connectivity index (χ4v) is 0.918. The van der Waals surface area contributed by atoms with Crippen molar-refractivity contribution in [2.24, 2.45) is 0 Å². The van der Waals surface area contributed by atoms with Crippen molar-refractivity contribution in [3.63, 3.8) is 0 Å². The van der Waals surface area contributed by atoms with Gasteiger partial charge in [-0.05, 0) is 0 Å². The molecule has 8 heteroatoms. The Morgan fingerprint density at radius 2 is 2.18 bits per heavy atom. The number of aliphatic carboxylic acids is 1. The fourth-order valence-electron chi connectivity index (χ4n) is 0.918. The first-order valence-corrected chi connectivity index (χ1v) is 4.21. The Morgan fingerprint density at radius 1 is 1.53 bits per heavy atom. The summed E-state index contributed by atoms with van der Waals surface area (Å²) in [5.74, 6) is 2.35. The Hall–Kier alpha value is -2.30. The number of carboxylic acids is 1. The quantitative estimate of drug-likeness (QED) is 0.717. The molecular weight excluding hydrogens is 239 g/mol. The lowest BCUT2D eigenvalue weighted by Gasteiger charge is -2.07. The van der Waals surface area contributed by atoms with Gasteiger partial charge in [0.05, 0.1) is 5.56 Å². The predicted molar refractivity (Wildman–Crippen MR) is 50.6 cm³/mol. The lowest BCUT2D eigenvalue weighted by Crippen LogP contribution is -2.13. The number of hydrogen-bond donors (Lipinski definition) is 2. The van der Waals surface area contributed by atoms with Gasteiger partial charge in [0.15, 0.2) is 5.69 Å². The molecule has 1 aromatic heterocycles. The normalized spacial score (nSPS) is 10.5. The number of halogens is 3. The number of nitrogen functional groups attached to an aromatic ring is 1. The number of aromatic nitrogens is 2. The summed E-state index contributed by atoms with van der Waals surface area (Å²) in [6.07, 6.45) is -4.48. The van der Waals surface area contributed by atoms with Crippen molar-refractivity contribution in [1.82, 2.24) is 9.97 Å². The number of carbonyl (C=O) groups is 1. The van der Waals surface area contributed by atoms with Gasteiger partial charge in [-0.2, -0.15) is 13.2 Å². The van der Waals surface area contributed by atoms with Gasteiger partial charge in [0.25, 0.3) is 0 Å². The maximum atomic E-state index is 12.5. The number of nitrogens with zero attached hydrogens (tertiary/aromatic N) is 2. The SMILES string of the molecule is Nc1ncc(C#CCC(=O)O)c(C(F)(F)F)n1. The zero-order chi connectivity index (χ0) is 13.1. The molecule has 0 aliphatic rings. The highest BCUT2D eigenvalue weighted by atomic mass is 19.4. The largest absolute Gasteiger partial charge is 0.481 e. The van der Waals surface area contributed by atoms with Crippen LogP contribution in [0.1, 0.15) is 17.7 Å². The van der Waals surface area contributed by atoms with Crippen LogP contribution in [-0.2, 0) is 11.0 Å². The average molecular weight is 245 g/mol. The number of carboxylic acid groups (broad SMARTS) is 1. The van der Waals surface area contributed by atoms with E-state index in [1.54, 1.807) is 0 Å². The van der Waals surface area contributed by atoms with Crippen LogP contribution >= 0.6 is 0 Å². The summed E-state index contributed by atoms with van der Waals surface area (Å²) in [6, 6.07) is 0. The molecule has 1 heterocycles. The minimum absolute atomic E-state index is 0.507. The van der Waals surface area contributed by atoms with Gasteiger partial charge in [0, 0.05) is 6.20 Å². The van der Waals surface area contributed by atoms with Crippen LogP contribution in [0.15, 0.2) is 6.20 Å². The van der Waals surface area contributed by atoms with Crippen LogP contribution in [0.25, 0.3) is 0 Å². The maximum absolute atomic E-state index is 12.5. The van der Waals surface area contributed by atoms with Crippen molar-refractivity contribution in [1.29, 1.82) is 0 Å². The lowest BCUT2D eigenvalue weighted by atomic mass is 10.2. The summed E-state index contributed by atoms with van der Waals surface area (Å²) < 4.78 is 37.5. The zero-order valence-electron chi connectivity index (χ0n) is 8.25. The standard InChI is InChI=1S/C9H6F3N3O2/c10-9(11,12)7-5(2-1-3-6(16)17)4-14-8(13)15-7/h4H,3H2,(H,16,17)(H2,13,14,15). The summed E-state index contributed by atoms with van der Waals surface area (Å²) >= 11 is 0. The van der Waals surface area contributed by atoms with E-state index >= 15 is 0 Å².